The van der Waals surface area contributed by atoms with E-state index in [1.165, 1.54) is 12.1 Å². The number of nitro benzene ring substituents is 1. The highest BCUT2D eigenvalue weighted by molar-refractivity contribution is 6.35. The van der Waals surface area contributed by atoms with E-state index in [0.29, 0.717) is 42.0 Å². The number of non-ortho nitro benzene ring substituents is 1. The molecule has 0 radical (unpaired) electrons. The number of amides is 1. The van der Waals surface area contributed by atoms with Crippen molar-refractivity contribution in [3.8, 4) is 5.75 Å². The lowest BCUT2D eigenvalue weighted by Crippen LogP contribution is -2.52. The van der Waals surface area contributed by atoms with Crippen molar-refractivity contribution in [2.45, 2.75) is 13.0 Å². The molecule has 2 aromatic rings. The van der Waals surface area contributed by atoms with Gasteiger partial charge in [0.2, 0.25) is 0 Å². The second-order valence-electron chi connectivity index (χ2n) is 6.42. The van der Waals surface area contributed by atoms with Gasteiger partial charge < -0.3 is 14.5 Å². The lowest BCUT2D eigenvalue weighted by atomic mass is 10.2. The highest BCUT2D eigenvalue weighted by Gasteiger charge is 2.26. The summed E-state index contributed by atoms with van der Waals surface area (Å²) in [6.45, 7) is 4.04. The second-order valence-corrected chi connectivity index (χ2v) is 7.26. The van der Waals surface area contributed by atoms with Crippen LogP contribution in [0.3, 0.4) is 0 Å². The van der Waals surface area contributed by atoms with Gasteiger partial charge in [-0.15, -0.1) is 0 Å². The molecule has 0 spiro atoms. The fourth-order valence-electron chi connectivity index (χ4n) is 3.04. The predicted octanol–water partition coefficient (Wildman–Crippen LogP) is 4.02. The number of carbonyl (C=O) groups is 1. The number of piperazine rings is 1. The van der Waals surface area contributed by atoms with E-state index < -0.39 is 11.0 Å². The Kier molecular flexibility index (Phi) is 6.26. The van der Waals surface area contributed by atoms with Gasteiger partial charge in [0.1, 0.15) is 5.75 Å². The molecule has 0 aliphatic carbocycles. The second kappa shape index (κ2) is 8.67. The molecule has 2 aromatic carbocycles. The maximum atomic E-state index is 12.7. The Labute approximate surface area is 172 Å². The summed E-state index contributed by atoms with van der Waals surface area (Å²) in [5.41, 5.74) is 0.958. The first-order valence-corrected chi connectivity index (χ1v) is 9.50. The minimum atomic E-state index is -0.676. The van der Waals surface area contributed by atoms with Crippen LogP contribution in [0, 0.1) is 10.1 Å². The van der Waals surface area contributed by atoms with Gasteiger partial charge in [-0.25, -0.2) is 0 Å². The molecular formula is C19H19Cl2N3O4. The molecule has 7 nitrogen and oxygen atoms in total. The first-order chi connectivity index (χ1) is 13.3. The van der Waals surface area contributed by atoms with Crippen LogP contribution >= 0.6 is 23.2 Å². The molecule has 148 valence electrons. The molecule has 3 rings (SSSR count). The van der Waals surface area contributed by atoms with E-state index in [1.807, 2.05) is 0 Å². The topological polar surface area (TPSA) is 75.9 Å². The summed E-state index contributed by atoms with van der Waals surface area (Å²) in [5, 5.41) is 11.6. The van der Waals surface area contributed by atoms with E-state index in [9.17, 15) is 14.9 Å². The van der Waals surface area contributed by atoms with Gasteiger partial charge in [0.05, 0.1) is 9.95 Å². The zero-order valence-electron chi connectivity index (χ0n) is 15.2. The molecule has 0 aromatic heterocycles. The molecule has 1 amide bonds. The number of hydrogen-bond donors (Lipinski definition) is 0. The number of ether oxygens (including phenoxy) is 1. The lowest BCUT2D eigenvalue weighted by molar-refractivity contribution is -0.384. The fraction of sp³-hybridized carbons (Fsp3) is 0.316. The molecular weight excluding hydrogens is 405 g/mol. The highest BCUT2D eigenvalue weighted by atomic mass is 35.5. The van der Waals surface area contributed by atoms with E-state index in [0.717, 1.165) is 5.69 Å². The molecule has 0 saturated carbocycles. The van der Waals surface area contributed by atoms with Crippen molar-refractivity contribution in [2.24, 2.45) is 0 Å². The van der Waals surface area contributed by atoms with E-state index in [4.69, 9.17) is 27.9 Å². The largest absolute Gasteiger partial charge is 0.479 e. The maximum absolute atomic E-state index is 12.7. The van der Waals surface area contributed by atoms with E-state index in [1.54, 1.807) is 42.2 Å². The first-order valence-electron chi connectivity index (χ1n) is 8.75. The Morgan fingerprint density at radius 3 is 2.32 bits per heavy atom. The number of hydrogen-bond acceptors (Lipinski definition) is 5. The fourth-order valence-corrected chi connectivity index (χ4v) is 3.49. The summed E-state index contributed by atoms with van der Waals surface area (Å²) < 4.78 is 5.70. The standard InChI is InChI=1S/C19H19Cl2N3O4/c1-13(28-18-7-2-14(20)12-17(18)21)19(25)23-10-8-22(9-11-23)15-3-5-16(6-4-15)24(26)27/h2-7,12-13H,8-11H2,1H3/t13-/m0/s1. The minimum Gasteiger partial charge on any atom is -0.479 e. The van der Waals surface area contributed by atoms with E-state index in [-0.39, 0.29) is 11.6 Å². The van der Waals surface area contributed by atoms with Crippen molar-refractivity contribution in [2.75, 3.05) is 31.1 Å². The summed E-state index contributed by atoms with van der Waals surface area (Å²) in [5.74, 6) is 0.297. The van der Waals surface area contributed by atoms with Crippen LogP contribution < -0.4 is 9.64 Å². The molecule has 1 atom stereocenters. The summed E-state index contributed by atoms with van der Waals surface area (Å²) in [7, 11) is 0. The van der Waals surface area contributed by atoms with Crippen LogP contribution in [0.4, 0.5) is 11.4 Å². The van der Waals surface area contributed by atoms with Crippen LogP contribution in [0.5, 0.6) is 5.75 Å². The van der Waals surface area contributed by atoms with Crippen LogP contribution in [-0.4, -0.2) is 48.0 Å². The molecule has 0 N–H and O–H groups in total. The van der Waals surface area contributed by atoms with Crippen LogP contribution in [0.25, 0.3) is 0 Å². The van der Waals surface area contributed by atoms with Gasteiger partial charge in [0.25, 0.3) is 11.6 Å². The zero-order valence-corrected chi connectivity index (χ0v) is 16.7. The van der Waals surface area contributed by atoms with Crippen molar-refractivity contribution < 1.29 is 14.5 Å². The predicted molar refractivity (Wildman–Crippen MR) is 108 cm³/mol. The van der Waals surface area contributed by atoms with Gasteiger partial charge in [-0.05, 0) is 37.3 Å². The number of carbonyl (C=O) groups excluding carboxylic acids is 1. The SMILES string of the molecule is C[C@H](Oc1ccc(Cl)cc1Cl)C(=O)N1CCN(c2ccc([N+](=O)[O-])cc2)CC1. The van der Waals surface area contributed by atoms with Crippen molar-refractivity contribution in [1.29, 1.82) is 0 Å². The third-order valence-electron chi connectivity index (χ3n) is 4.56. The highest BCUT2D eigenvalue weighted by Crippen LogP contribution is 2.28. The molecule has 28 heavy (non-hydrogen) atoms. The number of benzene rings is 2. The van der Waals surface area contributed by atoms with Crippen molar-refractivity contribution in [3.63, 3.8) is 0 Å². The van der Waals surface area contributed by atoms with Crippen molar-refractivity contribution >= 4 is 40.5 Å². The molecule has 1 fully saturated rings. The minimum absolute atomic E-state index is 0.0596. The summed E-state index contributed by atoms with van der Waals surface area (Å²) in [6.07, 6.45) is -0.676. The Hall–Kier alpha value is -2.51. The Bertz CT molecular complexity index is 868. The van der Waals surface area contributed by atoms with Crippen molar-refractivity contribution in [1.82, 2.24) is 4.90 Å². The smallest absolute Gasteiger partial charge is 0.269 e. The van der Waals surface area contributed by atoms with Gasteiger partial charge in [0.15, 0.2) is 6.10 Å². The molecule has 0 unspecified atom stereocenters. The van der Waals surface area contributed by atoms with Crippen LogP contribution in [0.2, 0.25) is 10.0 Å². The quantitative estimate of drug-likeness (QED) is 0.536. The van der Waals surface area contributed by atoms with E-state index >= 15 is 0 Å². The van der Waals surface area contributed by atoms with Gasteiger partial charge >= 0.3 is 0 Å². The average Bonchev–Trinajstić information content (AvgIpc) is 2.69. The molecule has 1 heterocycles. The molecule has 0 bridgehead atoms. The number of nitrogens with zero attached hydrogens (tertiary/aromatic N) is 3. The van der Waals surface area contributed by atoms with Crippen LogP contribution in [-0.2, 0) is 4.79 Å². The molecule has 1 aliphatic heterocycles. The maximum Gasteiger partial charge on any atom is 0.269 e. The molecule has 1 saturated heterocycles. The van der Waals surface area contributed by atoms with Gasteiger partial charge in [-0.1, -0.05) is 23.2 Å². The Balaban J connectivity index is 1.56. The number of halogens is 2. The monoisotopic (exact) mass is 423 g/mol. The summed E-state index contributed by atoms with van der Waals surface area (Å²) in [6, 6.07) is 11.3. The Morgan fingerprint density at radius 1 is 1.11 bits per heavy atom. The third-order valence-corrected chi connectivity index (χ3v) is 5.09. The third kappa shape index (κ3) is 4.66. The van der Waals surface area contributed by atoms with Gasteiger partial charge in [-0.3, -0.25) is 14.9 Å². The van der Waals surface area contributed by atoms with E-state index in [2.05, 4.69) is 4.90 Å². The normalized spacial score (nSPS) is 15.2. The lowest BCUT2D eigenvalue weighted by Gasteiger charge is -2.37. The number of nitro groups is 1. The average molecular weight is 424 g/mol. The Morgan fingerprint density at radius 2 is 1.75 bits per heavy atom. The van der Waals surface area contributed by atoms with Crippen LogP contribution in [0.15, 0.2) is 42.5 Å². The summed E-state index contributed by atoms with van der Waals surface area (Å²) in [4.78, 5) is 26.9. The van der Waals surface area contributed by atoms with Gasteiger partial charge in [-0.2, -0.15) is 0 Å². The number of rotatable bonds is 5. The first kappa shape index (κ1) is 20.2. The van der Waals surface area contributed by atoms with Gasteiger partial charge in [0, 0.05) is 49.0 Å². The number of anilines is 1. The van der Waals surface area contributed by atoms with Crippen molar-refractivity contribution in [3.05, 3.63) is 62.6 Å². The molecule has 1 aliphatic rings. The molecule has 9 heteroatoms. The zero-order chi connectivity index (χ0) is 20.3. The summed E-state index contributed by atoms with van der Waals surface area (Å²) >= 11 is 12.0. The van der Waals surface area contributed by atoms with Crippen LogP contribution in [0.1, 0.15) is 6.92 Å².